The third-order valence-electron chi connectivity index (χ3n) is 11.2. The summed E-state index contributed by atoms with van der Waals surface area (Å²) >= 11 is 0. The molecule has 2 aliphatic rings. The maximum absolute atomic E-state index is 6.61. The van der Waals surface area contributed by atoms with E-state index >= 15 is 0 Å². The Bertz CT molecular complexity index is 2390. The molecule has 0 amide bonds. The topological polar surface area (TPSA) is 23.4 Å². The van der Waals surface area contributed by atoms with E-state index in [1.807, 2.05) is 0 Å². The third kappa shape index (κ3) is 4.01. The Kier molecular flexibility index (Phi) is 5.90. The quantitative estimate of drug-likeness (QED) is 0.186. The molecule has 0 saturated carbocycles. The minimum atomic E-state index is -0.467. The van der Waals surface area contributed by atoms with E-state index in [1.165, 1.54) is 66.0 Å². The summed E-state index contributed by atoms with van der Waals surface area (Å²) in [4.78, 5) is 0. The van der Waals surface area contributed by atoms with E-state index in [0.717, 1.165) is 11.2 Å². The first kappa shape index (κ1) is 28.6. The third-order valence-corrected chi connectivity index (χ3v) is 11.2. The van der Waals surface area contributed by atoms with Gasteiger partial charge in [-0.2, -0.15) is 0 Å². The van der Waals surface area contributed by atoms with Crippen molar-refractivity contribution in [3.8, 4) is 27.9 Å². The second kappa shape index (κ2) is 9.70. The average molecular weight is 612 g/mol. The van der Waals surface area contributed by atoms with Crippen molar-refractivity contribution in [3.05, 3.63) is 132 Å². The fourth-order valence-electron chi connectivity index (χ4n) is 7.97. The summed E-state index contributed by atoms with van der Waals surface area (Å²) < 4.78 is 15.7. The van der Waals surface area contributed by atoms with Crippen LogP contribution in [0.5, 0.6) is 0 Å². The number of nitrogens with zero attached hydrogens (tertiary/aromatic N) is 1. The number of rotatable bonds is 3. The van der Waals surface area contributed by atoms with E-state index in [9.17, 15) is 0 Å². The van der Waals surface area contributed by atoms with Gasteiger partial charge in [0.05, 0.1) is 27.9 Å². The van der Waals surface area contributed by atoms with E-state index in [-0.39, 0.29) is 5.41 Å². The van der Waals surface area contributed by atoms with Crippen LogP contribution in [0.4, 0.5) is 0 Å². The average Bonchev–Trinajstić information content (AvgIpc) is 3.60. The zero-order valence-electron chi connectivity index (χ0n) is 27.9. The molecule has 9 rings (SSSR count). The van der Waals surface area contributed by atoms with Gasteiger partial charge in [-0.25, -0.2) is 0 Å². The van der Waals surface area contributed by atoms with Gasteiger partial charge in [0.25, 0.3) is 0 Å². The SMILES string of the molecule is CC1(C)c2ccccc2-c2cc3c4ccccc4n(-c4cc(B5OC(C)(C)C(C)(C)O5)ccc4-c4cccc5ccccc45)c3cc21. The fourth-order valence-corrected chi connectivity index (χ4v) is 7.97. The highest BCUT2D eigenvalue weighted by molar-refractivity contribution is 6.62. The number of hydrogen-bond acceptors (Lipinski definition) is 2. The Morgan fingerprint density at radius 1 is 0.489 bits per heavy atom. The lowest BCUT2D eigenvalue weighted by Gasteiger charge is -2.32. The molecule has 1 saturated heterocycles. The lowest BCUT2D eigenvalue weighted by molar-refractivity contribution is 0.00578. The Balaban J connectivity index is 1.37. The van der Waals surface area contributed by atoms with Crippen molar-refractivity contribution in [2.45, 2.75) is 58.2 Å². The normalized spacial score (nSPS) is 17.4. The predicted octanol–water partition coefficient (Wildman–Crippen LogP) is 10.2. The Hall–Kier alpha value is -4.64. The fraction of sp³-hybridized carbons (Fsp3) is 0.209. The molecule has 1 aliphatic heterocycles. The molecule has 0 spiro atoms. The highest BCUT2D eigenvalue weighted by Crippen LogP contribution is 2.51. The van der Waals surface area contributed by atoms with Gasteiger partial charge in [-0.05, 0) is 96.0 Å². The molecule has 0 atom stereocenters. The zero-order chi connectivity index (χ0) is 32.3. The van der Waals surface area contributed by atoms with Gasteiger partial charge in [0.1, 0.15) is 0 Å². The molecule has 0 unspecified atom stereocenters. The van der Waals surface area contributed by atoms with E-state index in [2.05, 4.69) is 167 Å². The first-order valence-electron chi connectivity index (χ1n) is 16.7. The van der Waals surface area contributed by atoms with Crippen LogP contribution < -0.4 is 5.46 Å². The van der Waals surface area contributed by atoms with Crippen molar-refractivity contribution in [1.29, 1.82) is 0 Å². The predicted molar refractivity (Wildman–Crippen MR) is 197 cm³/mol. The summed E-state index contributed by atoms with van der Waals surface area (Å²) in [5, 5.41) is 4.97. The van der Waals surface area contributed by atoms with Crippen molar-refractivity contribution in [3.63, 3.8) is 0 Å². The molecule has 0 bridgehead atoms. The molecule has 0 N–H and O–H groups in total. The summed E-state index contributed by atoms with van der Waals surface area (Å²) in [6.07, 6.45) is 0. The van der Waals surface area contributed by atoms with Gasteiger partial charge >= 0.3 is 7.12 Å². The summed E-state index contributed by atoms with van der Waals surface area (Å²) in [7, 11) is -0.467. The molecule has 6 aromatic carbocycles. The highest BCUT2D eigenvalue weighted by atomic mass is 16.7. The Labute approximate surface area is 276 Å². The number of benzene rings is 6. The lowest BCUT2D eigenvalue weighted by Crippen LogP contribution is -2.41. The summed E-state index contributed by atoms with van der Waals surface area (Å²) in [6.45, 7) is 13.2. The first-order valence-corrected chi connectivity index (χ1v) is 16.7. The molecule has 3 nitrogen and oxygen atoms in total. The number of para-hydroxylation sites is 1. The van der Waals surface area contributed by atoms with Gasteiger partial charge in [0.2, 0.25) is 0 Å². The molecule has 7 aromatic rings. The maximum atomic E-state index is 6.61. The molecular weight excluding hydrogens is 573 g/mol. The molecule has 0 radical (unpaired) electrons. The summed E-state index contributed by atoms with van der Waals surface area (Å²) in [6, 6.07) is 44.7. The van der Waals surface area contributed by atoms with Gasteiger partial charge in [0, 0.05) is 21.8 Å². The lowest BCUT2D eigenvalue weighted by atomic mass is 9.77. The van der Waals surface area contributed by atoms with Crippen LogP contribution in [0.2, 0.25) is 0 Å². The van der Waals surface area contributed by atoms with E-state index in [0.29, 0.717) is 0 Å². The second-order valence-corrected chi connectivity index (χ2v) is 14.8. The van der Waals surface area contributed by atoms with Crippen LogP contribution in [0.3, 0.4) is 0 Å². The highest BCUT2D eigenvalue weighted by Gasteiger charge is 2.52. The number of fused-ring (bicyclic) bond motifs is 7. The van der Waals surface area contributed by atoms with Gasteiger partial charge in [-0.1, -0.05) is 111 Å². The van der Waals surface area contributed by atoms with Crippen LogP contribution in [0, 0.1) is 0 Å². The standard InChI is InChI=1S/C43H38BNO2/c1-41(2)36-20-11-9-17-31(36)34-25-35-32-18-10-12-21-38(32)45(40(35)26-37(34)41)39-24-28(44-46-42(3,4)43(5,6)47-44)22-23-33(39)30-19-13-15-27-14-7-8-16-29(27)30/h7-26H,1-6H3. The molecule has 1 fully saturated rings. The van der Waals surface area contributed by atoms with Crippen LogP contribution in [-0.2, 0) is 14.7 Å². The van der Waals surface area contributed by atoms with Crippen LogP contribution >= 0.6 is 0 Å². The van der Waals surface area contributed by atoms with Crippen LogP contribution in [0.15, 0.2) is 121 Å². The molecule has 2 heterocycles. The van der Waals surface area contributed by atoms with Gasteiger partial charge in [-0.15, -0.1) is 0 Å². The summed E-state index contributed by atoms with van der Waals surface area (Å²) in [5.41, 5.74) is 11.4. The van der Waals surface area contributed by atoms with Crippen molar-refractivity contribution >= 4 is 45.2 Å². The van der Waals surface area contributed by atoms with Crippen LogP contribution in [0.1, 0.15) is 52.7 Å². The van der Waals surface area contributed by atoms with Crippen molar-refractivity contribution in [1.82, 2.24) is 4.57 Å². The smallest absolute Gasteiger partial charge is 0.399 e. The van der Waals surface area contributed by atoms with Gasteiger partial charge < -0.3 is 13.9 Å². The first-order chi connectivity index (χ1) is 22.5. The number of hydrogen-bond donors (Lipinski definition) is 0. The maximum Gasteiger partial charge on any atom is 0.494 e. The number of aromatic nitrogens is 1. The second-order valence-electron chi connectivity index (χ2n) is 14.8. The van der Waals surface area contributed by atoms with Crippen LogP contribution in [0.25, 0.3) is 60.5 Å². The molecule has 47 heavy (non-hydrogen) atoms. The van der Waals surface area contributed by atoms with E-state index in [4.69, 9.17) is 9.31 Å². The monoisotopic (exact) mass is 611 g/mol. The molecule has 230 valence electrons. The molecule has 1 aromatic heterocycles. The van der Waals surface area contributed by atoms with Gasteiger partial charge in [0.15, 0.2) is 0 Å². The molecule has 4 heteroatoms. The Morgan fingerprint density at radius 2 is 1.15 bits per heavy atom. The summed E-state index contributed by atoms with van der Waals surface area (Å²) in [5.74, 6) is 0. The largest absolute Gasteiger partial charge is 0.494 e. The van der Waals surface area contributed by atoms with Crippen molar-refractivity contribution in [2.75, 3.05) is 0 Å². The van der Waals surface area contributed by atoms with Crippen molar-refractivity contribution in [2.24, 2.45) is 0 Å². The Morgan fingerprint density at radius 3 is 1.96 bits per heavy atom. The zero-order valence-corrected chi connectivity index (χ0v) is 27.9. The van der Waals surface area contributed by atoms with Crippen LogP contribution in [-0.4, -0.2) is 22.9 Å². The van der Waals surface area contributed by atoms with Crippen molar-refractivity contribution < 1.29 is 9.31 Å². The minimum Gasteiger partial charge on any atom is -0.399 e. The molecular formula is C43H38BNO2. The van der Waals surface area contributed by atoms with E-state index in [1.54, 1.807) is 0 Å². The van der Waals surface area contributed by atoms with E-state index < -0.39 is 18.3 Å². The van der Waals surface area contributed by atoms with Gasteiger partial charge in [-0.3, -0.25) is 0 Å². The minimum absolute atomic E-state index is 0.107. The molecule has 1 aliphatic carbocycles.